The number of rotatable bonds is 6. The second-order valence-electron chi connectivity index (χ2n) is 5.41. The van der Waals surface area contributed by atoms with Crippen LogP contribution in [0, 0.1) is 6.92 Å². The monoisotopic (exact) mass is 311 g/mol. The Hall–Kier alpha value is -2.69. The first-order valence-electron chi connectivity index (χ1n) is 7.56. The molecule has 0 aliphatic heterocycles. The predicted octanol–water partition coefficient (Wildman–Crippen LogP) is 2.77. The minimum absolute atomic E-state index is 0.0401. The number of benzene rings is 1. The third-order valence-electron chi connectivity index (χ3n) is 3.56. The van der Waals surface area contributed by atoms with Crippen molar-refractivity contribution in [2.45, 2.75) is 26.8 Å². The average molecular weight is 311 g/mol. The minimum atomic E-state index is -0.112. The molecule has 2 aromatic rings. The van der Waals surface area contributed by atoms with Crippen molar-refractivity contribution in [3.05, 3.63) is 59.9 Å². The van der Waals surface area contributed by atoms with Gasteiger partial charge in [0.1, 0.15) is 0 Å². The highest BCUT2D eigenvalue weighted by molar-refractivity contribution is 5.91. The maximum absolute atomic E-state index is 12.1. The molecule has 0 bridgehead atoms. The molecule has 0 spiro atoms. The van der Waals surface area contributed by atoms with Gasteiger partial charge in [0.05, 0.1) is 0 Å². The van der Waals surface area contributed by atoms with Gasteiger partial charge in [-0.25, -0.2) is 0 Å². The lowest BCUT2D eigenvalue weighted by Gasteiger charge is -2.21. The number of aromatic nitrogens is 1. The van der Waals surface area contributed by atoms with Gasteiger partial charge in [0.15, 0.2) is 0 Å². The summed E-state index contributed by atoms with van der Waals surface area (Å²) >= 11 is 0. The van der Waals surface area contributed by atoms with E-state index in [0.717, 1.165) is 16.8 Å². The van der Waals surface area contributed by atoms with Gasteiger partial charge < -0.3 is 10.2 Å². The Morgan fingerprint density at radius 2 is 1.91 bits per heavy atom. The van der Waals surface area contributed by atoms with Crippen molar-refractivity contribution in [1.82, 2.24) is 9.88 Å². The van der Waals surface area contributed by atoms with E-state index in [0.29, 0.717) is 13.1 Å². The molecule has 0 unspecified atom stereocenters. The van der Waals surface area contributed by atoms with E-state index >= 15 is 0 Å². The van der Waals surface area contributed by atoms with E-state index in [-0.39, 0.29) is 18.2 Å². The quantitative estimate of drug-likeness (QED) is 0.892. The molecule has 0 saturated carbocycles. The molecule has 23 heavy (non-hydrogen) atoms. The lowest BCUT2D eigenvalue weighted by atomic mass is 10.2. The molecule has 2 amide bonds. The van der Waals surface area contributed by atoms with Crippen LogP contribution in [0.3, 0.4) is 0 Å². The molecule has 0 aliphatic carbocycles. The van der Waals surface area contributed by atoms with Crippen molar-refractivity contribution < 1.29 is 9.59 Å². The van der Waals surface area contributed by atoms with Crippen molar-refractivity contribution in [2.75, 3.05) is 11.9 Å². The summed E-state index contributed by atoms with van der Waals surface area (Å²) in [6, 6.07) is 11.5. The van der Waals surface area contributed by atoms with Crippen molar-refractivity contribution in [3.63, 3.8) is 0 Å². The van der Waals surface area contributed by atoms with Crippen LogP contribution in [0.1, 0.15) is 24.5 Å². The number of hydrogen-bond acceptors (Lipinski definition) is 3. The van der Waals surface area contributed by atoms with Gasteiger partial charge in [-0.2, -0.15) is 0 Å². The maximum atomic E-state index is 12.1. The fourth-order valence-corrected chi connectivity index (χ4v) is 2.21. The summed E-state index contributed by atoms with van der Waals surface area (Å²) in [5.41, 5.74) is 2.71. The molecular formula is C18H21N3O2. The molecule has 0 aliphatic rings. The fourth-order valence-electron chi connectivity index (χ4n) is 2.21. The fraction of sp³-hybridized carbons (Fsp3) is 0.278. The largest absolute Gasteiger partial charge is 0.338 e. The van der Waals surface area contributed by atoms with E-state index in [1.807, 2.05) is 37.3 Å². The summed E-state index contributed by atoms with van der Waals surface area (Å²) in [5, 5.41) is 2.85. The molecule has 0 atom stereocenters. The highest BCUT2D eigenvalue weighted by Gasteiger charge is 2.12. The van der Waals surface area contributed by atoms with E-state index in [9.17, 15) is 9.59 Å². The summed E-state index contributed by atoms with van der Waals surface area (Å²) < 4.78 is 0. The molecule has 1 aromatic heterocycles. The summed E-state index contributed by atoms with van der Waals surface area (Å²) in [7, 11) is 0. The van der Waals surface area contributed by atoms with Crippen molar-refractivity contribution in [1.29, 1.82) is 0 Å². The van der Waals surface area contributed by atoms with Gasteiger partial charge in [-0.15, -0.1) is 0 Å². The number of carbonyl (C=O) groups excluding carboxylic acids is 2. The van der Waals surface area contributed by atoms with Gasteiger partial charge in [0.25, 0.3) is 0 Å². The third-order valence-corrected chi connectivity index (χ3v) is 3.56. The van der Waals surface area contributed by atoms with E-state index in [1.165, 1.54) is 6.92 Å². The zero-order chi connectivity index (χ0) is 16.7. The highest BCUT2D eigenvalue weighted by Crippen LogP contribution is 2.12. The Balaban J connectivity index is 1.90. The van der Waals surface area contributed by atoms with Gasteiger partial charge in [-0.05, 0) is 24.1 Å². The van der Waals surface area contributed by atoms with E-state index in [1.54, 1.807) is 23.4 Å². The molecule has 5 nitrogen and oxygen atoms in total. The molecule has 1 heterocycles. The van der Waals surface area contributed by atoms with Gasteiger partial charge in [0.2, 0.25) is 11.8 Å². The number of carbonyl (C=O) groups is 2. The topological polar surface area (TPSA) is 62.3 Å². The molecule has 5 heteroatoms. The molecule has 0 saturated heterocycles. The Labute approximate surface area is 136 Å². The van der Waals surface area contributed by atoms with Crippen LogP contribution in [0.5, 0.6) is 0 Å². The normalized spacial score (nSPS) is 10.2. The Morgan fingerprint density at radius 1 is 1.17 bits per heavy atom. The van der Waals surface area contributed by atoms with Crippen LogP contribution < -0.4 is 5.32 Å². The molecule has 0 radical (unpaired) electrons. The van der Waals surface area contributed by atoms with Crippen LogP contribution in [0.2, 0.25) is 0 Å². The summed E-state index contributed by atoms with van der Waals surface area (Å²) in [5.74, 6) is -0.152. The first-order chi connectivity index (χ1) is 11.1. The van der Waals surface area contributed by atoms with Crippen molar-refractivity contribution in [3.8, 4) is 0 Å². The van der Waals surface area contributed by atoms with E-state index < -0.39 is 0 Å². The number of anilines is 1. The number of amides is 2. The number of aryl methyl sites for hydroxylation is 1. The second kappa shape index (κ2) is 8.08. The number of nitrogens with zero attached hydrogens (tertiary/aromatic N) is 2. The highest BCUT2D eigenvalue weighted by atomic mass is 16.2. The molecular weight excluding hydrogens is 290 g/mol. The SMILES string of the molecule is CC(=O)N(CCC(=O)Nc1ccncc1C)Cc1ccccc1. The van der Waals surface area contributed by atoms with Crippen LogP contribution in [-0.2, 0) is 16.1 Å². The Kier molecular flexibility index (Phi) is 5.86. The van der Waals surface area contributed by atoms with Crippen LogP contribution in [0.25, 0.3) is 0 Å². The molecule has 1 aromatic carbocycles. The third kappa shape index (κ3) is 5.21. The zero-order valence-corrected chi connectivity index (χ0v) is 13.5. The van der Waals surface area contributed by atoms with Gasteiger partial charge in [-0.3, -0.25) is 14.6 Å². The van der Waals surface area contributed by atoms with Crippen LogP contribution in [0.15, 0.2) is 48.8 Å². The standard InChI is InChI=1S/C18H21N3O2/c1-14-12-19-10-8-17(14)20-18(23)9-11-21(15(2)22)13-16-6-4-3-5-7-16/h3-8,10,12H,9,11,13H2,1-2H3,(H,19,20,23). The summed E-state index contributed by atoms with van der Waals surface area (Å²) in [6.45, 7) is 4.31. The summed E-state index contributed by atoms with van der Waals surface area (Å²) in [6.07, 6.45) is 3.60. The Bertz CT molecular complexity index is 671. The van der Waals surface area contributed by atoms with Gasteiger partial charge in [0, 0.05) is 44.5 Å². The molecule has 0 fully saturated rings. The first kappa shape index (κ1) is 16.7. The molecule has 1 N–H and O–H groups in total. The lowest BCUT2D eigenvalue weighted by molar-refractivity contribution is -0.129. The van der Waals surface area contributed by atoms with E-state index in [2.05, 4.69) is 10.3 Å². The smallest absolute Gasteiger partial charge is 0.226 e. The number of nitrogens with one attached hydrogen (secondary N) is 1. The summed E-state index contributed by atoms with van der Waals surface area (Å²) in [4.78, 5) is 29.5. The van der Waals surface area contributed by atoms with Crippen LogP contribution >= 0.6 is 0 Å². The first-order valence-corrected chi connectivity index (χ1v) is 7.56. The van der Waals surface area contributed by atoms with Crippen LogP contribution in [0.4, 0.5) is 5.69 Å². The van der Waals surface area contributed by atoms with Gasteiger partial charge >= 0.3 is 0 Å². The number of hydrogen-bond donors (Lipinski definition) is 1. The van der Waals surface area contributed by atoms with Crippen LogP contribution in [-0.4, -0.2) is 28.2 Å². The maximum Gasteiger partial charge on any atom is 0.226 e. The Morgan fingerprint density at radius 3 is 2.57 bits per heavy atom. The van der Waals surface area contributed by atoms with E-state index in [4.69, 9.17) is 0 Å². The molecule has 2 rings (SSSR count). The predicted molar refractivity (Wildman–Crippen MR) is 89.8 cm³/mol. The lowest BCUT2D eigenvalue weighted by Crippen LogP contribution is -2.31. The number of pyridine rings is 1. The van der Waals surface area contributed by atoms with Crippen molar-refractivity contribution >= 4 is 17.5 Å². The molecule has 120 valence electrons. The van der Waals surface area contributed by atoms with Crippen molar-refractivity contribution in [2.24, 2.45) is 0 Å². The second-order valence-corrected chi connectivity index (χ2v) is 5.41. The minimum Gasteiger partial charge on any atom is -0.338 e. The average Bonchev–Trinajstić information content (AvgIpc) is 2.54. The zero-order valence-electron chi connectivity index (χ0n) is 13.5. The van der Waals surface area contributed by atoms with Gasteiger partial charge in [-0.1, -0.05) is 30.3 Å².